The molecule has 1 fully saturated rings. The first-order valence-corrected chi connectivity index (χ1v) is 14.2. The lowest BCUT2D eigenvalue weighted by Crippen LogP contribution is -2.38. The second kappa shape index (κ2) is 12.3. The standard InChI is InChI=1S/C33H31N5O4/c1-2-41-33(40)26-20-35-29-17-16-28(23-18-22-10-6-7-11-27(22)34-19-23)37-31(29)30(26)36-24-12-14-25(15-13-24)38-42-32(39)21-8-4-3-5-9-21/h3-11,16-20,24-25,38H,2,12-15H2,1H3,(H,35,36). The third kappa shape index (κ3) is 5.91. The van der Waals surface area contributed by atoms with E-state index in [-0.39, 0.29) is 18.7 Å². The number of carbonyl (C=O) groups is 2. The molecule has 0 atom stereocenters. The molecule has 42 heavy (non-hydrogen) atoms. The van der Waals surface area contributed by atoms with Gasteiger partial charge in [0.15, 0.2) is 0 Å². The van der Waals surface area contributed by atoms with Gasteiger partial charge in [-0.3, -0.25) is 9.97 Å². The van der Waals surface area contributed by atoms with Gasteiger partial charge >= 0.3 is 11.9 Å². The molecule has 0 amide bonds. The summed E-state index contributed by atoms with van der Waals surface area (Å²) in [5.41, 5.74) is 8.20. The van der Waals surface area contributed by atoms with E-state index >= 15 is 0 Å². The maximum absolute atomic E-state index is 13.0. The van der Waals surface area contributed by atoms with Crippen LogP contribution < -0.4 is 10.8 Å². The van der Waals surface area contributed by atoms with E-state index in [4.69, 9.17) is 14.6 Å². The first-order chi connectivity index (χ1) is 20.6. The predicted molar refractivity (Wildman–Crippen MR) is 161 cm³/mol. The van der Waals surface area contributed by atoms with Gasteiger partial charge in [0.05, 0.1) is 34.6 Å². The molecular weight excluding hydrogens is 530 g/mol. The quantitative estimate of drug-likeness (QED) is 0.171. The number of esters is 1. The van der Waals surface area contributed by atoms with Crippen molar-refractivity contribution < 1.29 is 19.2 Å². The number of hydrogen-bond acceptors (Lipinski definition) is 9. The second-order valence-electron chi connectivity index (χ2n) is 10.3. The number of anilines is 1. The summed E-state index contributed by atoms with van der Waals surface area (Å²) < 4.78 is 5.36. The van der Waals surface area contributed by atoms with E-state index in [0.717, 1.165) is 47.8 Å². The molecule has 9 nitrogen and oxygen atoms in total. The summed E-state index contributed by atoms with van der Waals surface area (Å²) in [6.45, 7) is 2.03. The molecule has 0 saturated heterocycles. The number of carbonyl (C=O) groups excluding carboxylic acids is 2. The Morgan fingerprint density at radius 1 is 0.833 bits per heavy atom. The molecule has 6 rings (SSSR count). The molecule has 0 bridgehead atoms. The van der Waals surface area contributed by atoms with Gasteiger partial charge in [-0.15, -0.1) is 5.48 Å². The number of nitrogens with one attached hydrogen (secondary N) is 2. The lowest BCUT2D eigenvalue weighted by Gasteiger charge is -2.30. The first-order valence-electron chi connectivity index (χ1n) is 14.2. The monoisotopic (exact) mass is 561 g/mol. The van der Waals surface area contributed by atoms with E-state index in [1.807, 2.05) is 48.7 Å². The summed E-state index contributed by atoms with van der Waals surface area (Å²) in [6.07, 6.45) is 6.56. The van der Waals surface area contributed by atoms with Crippen LogP contribution in [0.5, 0.6) is 0 Å². The minimum atomic E-state index is -0.447. The fourth-order valence-electron chi connectivity index (χ4n) is 5.28. The molecule has 0 radical (unpaired) electrons. The van der Waals surface area contributed by atoms with E-state index in [1.165, 1.54) is 0 Å². The van der Waals surface area contributed by atoms with Crippen LogP contribution in [0.4, 0.5) is 5.69 Å². The van der Waals surface area contributed by atoms with Crippen molar-refractivity contribution in [2.75, 3.05) is 11.9 Å². The fourth-order valence-corrected chi connectivity index (χ4v) is 5.28. The van der Waals surface area contributed by atoms with Crippen LogP contribution in [-0.4, -0.2) is 45.6 Å². The summed E-state index contributed by atoms with van der Waals surface area (Å²) in [5.74, 6) is -0.848. The van der Waals surface area contributed by atoms with Gasteiger partial charge in [-0.25, -0.2) is 14.6 Å². The Kier molecular flexibility index (Phi) is 8.00. The Bertz CT molecular complexity index is 1740. The van der Waals surface area contributed by atoms with Gasteiger partial charge in [0.25, 0.3) is 0 Å². The van der Waals surface area contributed by atoms with Crippen molar-refractivity contribution >= 4 is 39.6 Å². The van der Waals surface area contributed by atoms with Gasteiger partial charge in [-0.2, -0.15) is 0 Å². The average Bonchev–Trinajstić information content (AvgIpc) is 3.04. The van der Waals surface area contributed by atoms with Crippen LogP contribution in [0, 0.1) is 0 Å². The van der Waals surface area contributed by atoms with Gasteiger partial charge in [0, 0.05) is 35.4 Å². The van der Waals surface area contributed by atoms with E-state index in [1.54, 1.807) is 37.4 Å². The minimum absolute atomic E-state index is 0.0413. The first kappa shape index (κ1) is 27.3. The lowest BCUT2D eigenvalue weighted by molar-refractivity contribution is 0.0110. The van der Waals surface area contributed by atoms with Crippen molar-refractivity contribution in [2.45, 2.75) is 44.7 Å². The van der Waals surface area contributed by atoms with Crippen LogP contribution in [0.2, 0.25) is 0 Å². The molecule has 2 N–H and O–H groups in total. The number of benzene rings is 2. The van der Waals surface area contributed by atoms with Crippen molar-refractivity contribution in [3.05, 3.63) is 96.3 Å². The van der Waals surface area contributed by atoms with Gasteiger partial charge in [0.2, 0.25) is 0 Å². The normalized spacial score (nSPS) is 16.7. The maximum Gasteiger partial charge on any atom is 0.356 e. The molecule has 1 aliphatic carbocycles. The summed E-state index contributed by atoms with van der Waals surface area (Å²) in [4.78, 5) is 44.7. The molecule has 0 unspecified atom stereocenters. The van der Waals surface area contributed by atoms with Crippen LogP contribution in [0.15, 0.2) is 85.2 Å². The summed E-state index contributed by atoms with van der Waals surface area (Å²) >= 11 is 0. The SMILES string of the molecule is CCOC(=O)c1cnc2ccc(-c3cnc4ccccc4c3)nc2c1NC1CCC(NOC(=O)c2ccccc2)CC1. The van der Waals surface area contributed by atoms with Crippen molar-refractivity contribution in [3.8, 4) is 11.3 Å². The molecule has 1 aliphatic rings. The topological polar surface area (TPSA) is 115 Å². The number of para-hydroxylation sites is 1. The van der Waals surface area contributed by atoms with Crippen LogP contribution in [-0.2, 0) is 9.57 Å². The Morgan fingerprint density at radius 3 is 2.38 bits per heavy atom. The Hall–Kier alpha value is -4.89. The van der Waals surface area contributed by atoms with Crippen molar-refractivity contribution in [2.24, 2.45) is 0 Å². The zero-order valence-electron chi connectivity index (χ0n) is 23.2. The van der Waals surface area contributed by atoms with E-state index < -0.39 is 11.9 Å². The van der Waals surface area contributed by atoms with Crippen LogP contribution in [0.25, 0.3) is 33.2 Å². The molecule has 0 aliphatic heterocycles. The summed E-state index contributed by atoms with van der Waals surface area (Å²) in [5, 5.41) is 4.62. The summed E-state index contributed by atoms with van der Waals surface area (Å²) in [6, 6.07) is 22.9. The van der Waals surface area contributed by atoms with E-state index in [9.17, 15) is 9.59 Å². The number of fused-ring (bicyclic) bond motifs is 2. The second-order valence-corrected chi connectivity index (χ2v) is 10.3. The molecule has 5 aromatic rings. The molecule has 3 aromatic heterocycles. The highest BCUT2D eigenvalue weighted by atomic mass is 16.7. The van der Waals surface area contributed by atoms with E-state index in [0.29, 0.717) is 27.8 Å². The van der Waals surface area contributed by atoms with Crippen LogP contribution >= 0.6 is 0 Å². The highest BCUT2D eigenvalue weighted by Gasteiger charge is 2.26. The van der Waals surface area contributed by atoms with Crippen LogP contribution in [0.3, 0.4) is 0 Å². The number of hydroxylamine groups is 1. The molecule has 2 aromatic carbocycles. The Labute approximate surface area is 243 Å². The third-order valence-corrected chi connectivity index (χ3v) is 7.50. The number of ether oxygens (including phenoxy) is 1. The summed E-state index contributed by atoms with van der Waals surface area (Å²) in [7, 11) is 0. The van der Waals surface area contributed by atoms with Gasteiger partial charge in [0.1, 0.15) is 11.1 Å². The fraction of sp³-hybridized carbons (Fsp3) is 0.242. The van der Waals surface area contributed by atoms with Gasteiger partial charge in [-0.05, 0) is 69.0 Å². The predicted octanol–water partition coefficient (Wildman–Crippen LogP) is 6.11. The number of rotatable bonds is 8. The van der Waals surface area contributed by atoms with E-state index in [2.05, 4.69) is 26.8 Å². The number of pyridine rings is 3. The number of hydrogen-bond donors (Lipinski definition) is 2. The zero-order valence-corrected chi connectivity index (χ0v) is 23.2. The Balaban J connectivity index is 1.23. The largest absolute Gasteiger partial charge is 0.462 e. The van der Waals surface area contributed by atoms with Gasteiger partial charge in [-0.1, -0.05) is 36.4 Å². The minimum Gasteiger partial charge on any atom is -0.462 e. The van der Waals surface area contributed by atoms with Crippen molar-refractivity contribution in [1.82, 2.24) is 20.4 Å². The average molecular weight is 562 g/mol. The van der Waals surface area contributed by atoms with Crippen LogP contribution in [0.1, 0.15) is 53.3 Å². The number of nitrogens with zero attached hydrogens (tertiary/aromatic N) is 3. The van der Waals surface area contributed by atoms with Crippen molar-refractivity contribution in [1.29, 1.82) is 0 Å². The zero-order chi connectivity index (χ0) is 28.9. The molecule has 1 saturated carbocycles. The molecule has 9 heteroatoms. The molecule has 212 valence electrons. The van der Waals surface area contributed by atoms with Crippen molar-refractivity contribution in [3.63, 3.8) is 0 Å². The molecule has 3 heterocycles. The smallest absolute Gasteiger partial charge is 0.356 e. The Morgan fingerprint density at radius 2 is 1.57 bits per heavy atom. The highest BCUT2D eigenvalue weighted by molar-refractivity contribution is 6.04. The molecule has 0 spiro atoms. The molecular formula is C33H31N5O4. The van der Waals surface area contributed by atoms with Gasteiger partial charge < -0.3 is 14.9 Å². The lowest BCUT2D eigenvalue weighted by atomic mass is 9.91. The highest BCUT2D eigenvalue weighted by Crippen LogP contribution is 2.32. The maximum atomic E-state index is 13.0. The number of aromatic nitrogens is 3. The third-order valence-electron chi connectivity index (χ3n) is 7.50.